The molecule has 0 bridgehead atoms. The second-order valence-corrected chi connectivity index (χ2v) is 3.69. The summed E-state index contributed by atoms with van der Waals surface area (Å²) >= 11 is 0. The van der Waals surface area contributed by atoms with Crippen molar-refractivity contribution in [2.75, 3.05) is 6.61 Å². The molecule has 1 atom stereocenters. The molecule has 0 aliphatic heterocycles. The van der Waals surface area contributed by atoms with Crippen LogP contribution in [-0.4, -0.2) is 12.6 Å². The molecule has 5 heteroatoms. The lowest BCUT2D eigenvalue weighted by molar-refractivity contribution is -0.137. The summed E-state index contributed by atoms with van der Waals surface area (Å²) in [7, 11) is 0. The topological polar surface area (TPSA) is 35.2 Å². The van der Waals surface area contributed by atoms with E-state index in [1.807, 2.05) is 0 Å². The fourth-order valence-corrected chi connectivity index (χ4v) is 1.15. The smallest absolute Gasteiger partial charge is 0.375 e. The molecule has 0 spiro atoms. The molecule has 0 fully saturated rings. The Labute approximate surface area is 92.2 Å². The van der Waals surface area contributed by atoms with Gasteiger partial charge in [-0.05, 0) is 24.6 Å². The zero-order valence-corrected chi connectivity index (χ0v) is 8.92. The van der Waals surface area contributed by atoms with Gasteiger partial charge in [-0.3, -0.25) is 0 Å². The van der Waals surface area contributed by atoms with Gasteiger partial charge in [-0.1, -0.05) is 12.1 Å². The van der Waals surface area contributed by atoms with E-state index in [2.05, 4.69) is 0 Å². The third-order valence-electron chi connectivity index (χ3n) is 1.93. The average Bonchev–Trinajstić information content (AvgIpc) is 2.16. The lowest BCUT2D eigenvalue weighted by Crippen LogP contribution is -2.21. The first-order valence-electron chi connectivity index (χ1n) is 4.89. The number of benzene rings is 1. The summed E-state index contributed by atoms with van der Waals surface area (Å²) in [6, 6.07) is 4.83. The second kappa shape index (κ2) is 5.32. The fraction of sp³-hybridized carbons (Fsp3) is 0.455. The van der Waals surface area contributed by atoms with E-state index in [9.17, 15) is 13.2 Å². The van der Waals surface area contributed by atoms with Crippen LogP contribution in [0.1, 0.15) is 18.1 Å². The normalized spacial score (nSPS) is 13.8. The molecule has 1 rings (SSSR count). The van der Waals surface area contributed by atoms with Crippen LogP contribution in [-0.2, 0) is 17.5 Å². The monoisotopic (exact) mass is 233 g/mol. The highest BCUT2D eigenvalue weighted by molar-refractivity contribution is 5.24. The summed E-state index contributed by atoms with van der Waals surface area (Å²) in [5.74, 6) is 0. The third-order valence-corrected chi connectivity index (χ3v) is 1.93. The van der Waals surface area contributed by atoms with E-state index in [-0.39, 0.29) is 12.6 Å². The molecule has 1 aromatic carbocycles. The number of ether oxygens (including phenoxy) is 1. The van der Waals surface area contributed by atoms with Gasteiger partial charge in [-0.25, -0.2) is 0 Å². The number of alkyl halides is 3. The molecule has 2 nitrogen and oxygen atoms in total. The van der Waals surface area contributed by atoms with Crippen LogP contribution in [0.2, 0.25) is 0 Å². The Kier molecular flexibility index (Phi) is 4.32. The van der Waals surface area contributed by atoms with Crippen molar-refractivity contribution in [1.82, 2.24) is 0 Å². The van der Waals surface area contributed by atoms with Gasteiger partial charge in [-0.2, -0.15) is 13.2 Å². The third kappa shape index (κ3) is 4.20. The Morgan fingerprint density at radius 3 is 2.25 bits per heavy atom. The maximum absolute atomic E-state index is 12.2. The molecule has 90 valence electrons. The zero-order valence-electron chi connectivity index (χ0n) is 8.92. The Morgan fingerprint density at radius 2 is 1.81 bits per heavy atom. The molecule has 0 aliphatic rings. The van der Waals surface area contributed by atoms with Crippen LogP contribution in [0.4, 0.5) is 13.2 Å². The van der Waals surface area contributed by atoms with E-state index < -0.39 is 11.7 Å². The molecule has 0 aromatic heterocycles. The average molecular weight is 233 g/mol. The summed E-state index contributed by atoms with van der Waals surface area (Å²) in [5.41, 5.74) is 5.52. The Bertz CT molecular complexity index is 319. The zero-order chi connectivity index (χ0) is 12.2. The van der Waals surface area contributed by atoms with E-state index in [0.717, 1.165) is 12.1 Å². The molecule has 0 radical (unpaired) electrons. The maximum Gasteiger partial charge on any atom is 0.416 e. The number of hydrogen-bond donors (Lipinski definition) is 1. The molecule has 0 unspecified atom stereocenters. The first-order valence-corrected chi connectivity index (χ1v) is 4.89. The molecular formula is C11H14F3NO. The molecule has 0 amide bonds. The number of halogens is 3. The van der Waals surface area contributed by atoms with E-state index in [4.69, 9.17) is 10.5 Å². The largest absolute Gasteiger partial charge is 0.416 e. The van der Waals surface area contributed by atoms with Crippen molar-refractivity contribution < 1.29 is 17.9 Å². The predicted molar refractivity (Wildman–Crippen MR) is 54.7 cm³/mol. The number of nitrogens with two attached hydrogens (primary N) is 1. The minimum Gasteiger partial charge on any atom is -0.375 e. The Hall–Kier alpha value is -1.07. The molecule has 1 aromatic rings. The lowest BCUT2D eigenvalue weighted by atomic mass is 10.1. The van der Waals surface area contributed by atoms with Gasteiger partial charge in [-0.15, -0.1) is 0 Å². The van der Waals surface area contributed by atoms with Crippen LogP contribution in [0.3, 0.4) is 0 Å². The van der Waals surface area contributed by atoms with Gasteiger partial charge in [0, 0.05) is 6.04 Å². The van der Waals surface area contributed by atoms with E-state index in [1.165, 1.54) is 12.1 Å². The molecule has 2 N–H and O–H groups in total. The van der Waals surface area contributed by atoms with Gasteiger partial charge in [0.2, 0.25) is 0 Å². The number of hydrogen-bond acceptors (Lipinski definition) is 2. The number of rotatable bonds is 4. The highest BCUT2D eigenvalue weighted by Crippen LogP contribution is 2.29. The van der Waals surface area contributed by atoms with Crippen LogP contribution < -0.4 is 5.73 Å². The minimum atomic E-state index is -4.29. The van der Waals surface area contributed by atoms with Gasteiger partial charge in [0.15, 0.2) is 0 Å². The van der Waals surface area contributed by atoms with Crippen LogP contribution in [0.25, 0.3) is 0 Å². The van der Waals surface area contributed by atoms with Crippen molar-refractivity contribution in [3.63, 3.8) is 0 Å². The van der Waals surface area contributed by atoms with E-state index >= 15 is 0 Å². The van der Waals surface area contributed by atoms with Crippen molar-refractivity contribution in [3.8, 4) is 0 Å². The molecule has 0 saturated heterocycles. The van der Waals surface area contributed by atoms with E-state index in [1.54, 1.807) is 6.92 Å². The van der Waals surface area contributed by atoms with Gasteiger partial charge in [0.05, 0.1) is 18.8 Å². The Morgan fingerprint density at radius 1 is 1.25 bits per heavy atom. The summed E-state index contributed by atoms with van der Waals surface area (Å²) < 4.78 is 41.9. The quantitative estimate of drug-likeness (QED) is 0.867. The van der Waals surface area contributed by atoms with E-state index in [0.29, 0.717) is 12.2 Å². The highest BCUT2D eigenvalue weighted by atomic mass is 19.4. The second-order valence-electron chi connectivity index (χ2n) is 3.69. The molecule has 16 heavy (non-hydrogen) atoms. The van der Waals surface area contributed by atoms with Crippen molar-refractivity contribution in [3.05, 3.63) is 35.4 Å². The molecular weight excluding hydrogens is 219 g/mol. The van der Waals surface area contributed by atoms with Gasteiger partial charge in [0.25, 0.3) is 0 Å². The van der Waals surface area contributed by atoms with Crippen molar-refractivity contribution in [1.29, 1.82) is 0 Å². The summed E-state index contributed by atoms with van der Waals surface area (Å²) in [4.78, 5) is 0. The van der Waals surface area contributed by atoms with Crippen molar-refractivity contribution in [2.24, 2.45) is 5.73 Å². The predicted octanol–water partition coefficient (Wildman–Crippen LogP) is 2.57. The first kappa shape index (κ1) is 13.0. The summed E-state index contributed by atoms with van der Waals surface area (Å²) in [6.45, 7) is 2.47. The standard InChI is InChI=1S/C11H14F3NO/c1-8(15)6-16-7-9-2-4-10(5-3-9)11(12,13)14/h2-5,8H,6-7,15H2,1H3/t8-/m1/s1. The summed E-state index contributed by atoms with van der Waals surface area (Å²) in [6.07, 6.45) is -4.29. The van der Waals surface area contributed by atoms with Crippen molar-refractivity contribution in [2.45, 2.75) is 25.7 Å². The lowest BCUT2D eigenvalue weighted by Gasteiger charge is -2.09. The van der Waals surface area contributed by atoms with Crippen LogP contribution in [0.5, 0.6) is 0 Å². The van der Waals surface area contributed by atoms with Gasteiger partial charge < -0.3 is 10.5 Å². The van der Waals surface area contributed by atoms with Crippen LogP contribution in [0.15, 0.2) is 24.3 Å². The summed E-state index contributed by atoms with van der Waals surface area (Å²) in [5, 5.41) is 0. The SMILES string of the molecule is C[C@@H](N)COCc1ccc(C(F)(F)F)cc1. The molecule has 0 saturated carbocycles. The van der Waals surface area contributed by atoms with Crippen LogP contribution >= 0.6 is 0 Å². The van der Waals surface area contributed by atoms with Gasteiger partial charge >= 0.3 is 6.18 Å². The first-order chi connectivity index (χ1) is 7.39. The highest BCUT2D eigenvalue weighted by Gasteiger charge is 2.29. The maximum atomic E-state index is 12.2. The Balaban J connectivity index is 2.52. The van der Waals surface area contributed by atoms with Crippen LogP contribution in [0, 0.1) is 0 Å². The molecule has 0 aliphatic carbocycles. The van der Waals surface area contributed by atoms with Gasteiger partial charge in [0.1, 0.15) is 0 Å². The minimum absolute atomic E-state index is 0.0746. The van der Waals surface area contributed by atoms with Crippen molar-refractivity contribution >= 4 is 0 Å². The molecule has 0 heterocycles. The fourth-order valence-electron chi connectivity index (χ4n) is 1.15.